The van der Waals surface area contributed by atoms with Crippen molar-refractivity contribution in [2.75, 3.05) is 25.3 Å². The molecule has 0 saturated heterocycles. The zero-order chi connectivity index (χ0) is 26.2. The minimum absolute atomic E-state index is 0.153. The highest BCUT2D eigenvalue weighted by Gasteiger charge is 2.16. The van der Waals surface area contributed by atoms with E-state index in [2.05, 4.69) is 11.4 Å². The zero-order valence-corrected chi connectivity index (χ0v) is 21.8. The summed E-state index contributed by atoms with van der Waals surface area (Å²) in [6.07, 6.45) is 0.242. The van der Waals surface area contributed by atoms with Gasteiger partial charge in [0.05, 0.1) is 25.5 Å². The Hall–Kier alpha value is -4.28. The number of benzene rings is 3. The van der Waals surface area contributed by atoms with Gasteiger partial charge in [-0.05, 0) is 18.6 Å². The summed E-state index contributed by atoms with van der Waals surface area (Å²) in [4.78, 5) is 17.5. The van der Waals surface area contributed by atoms with Gasteiger partial charge in [0.2, 0.25) is 5.91 Å². The molecule has 0 atom stereocenters. The summed E-state index contributed by atoms with van der Waals surface area (Å²) in [5, 5.41) is 13.6. The number of rotatable bonds is 9. The van der Waals surface area contributed by atoms with Crippen LogP contribution in [0.5, 0.6) is 11.5 Å². The van der Waals surface area contributed by atoms with Gasteiger partial charge in [-0.2, -0.15) is 5.26 Å². The topological polar surface area (TPSA) is 84.2 Å². The molecule has 4 aromatic rings. The van der Waals surface area contributed by atoms with E-state index in [0.29, 0.717) is 33.5 Å². The molecule has 0 spiro atoms. The Labute approximate surface area is 221 Å². The molecule has 37 heavy (non-hydrogen) atoms. The number of anilines is 1. The lowest BCUT2D eigenvalue weighted by Crippen LogP contribution is -2.12. The summed E-state index contributed by atoms with van der Waals surface area (Å²) >= 11 is 1.40. The standard InChI is InChI=1S/C30H27N3O3S/c1-20-9-11-21(12-10-20)26-18-28(22-7-5-4-6-8-22)33-30(27(26)19-31)37-14-13-29(34)32-23-15-24(35-2)17-25(16-23)36-3/h4-12,15-18H,13-14H2,1-3H3,(H,32,34). The molecular formula is C30H27N3O3S. The van der Waals surface area contributed by atoms with E-state index in [1.165, 1.54) is 11.8 Å². The predicted octanol–water partition coefficient (Wildman–Crippen LogP) is 6.73. The zero-order valence-electron chi connectivity index (χ0n) is 20.9. The number of carbonyl (C=O) groups excluding carboxylic acids is 1. The number of aryl methyl sites for hydroxylation is 1. The molecule has 0 radical (unpaired) electrons. The second-order valence-corrected chi connectivity index (χ2v) is 9.41. The van der Waals surface area contributed by atoms with Crippen molar-refractivity contribution in [3.05, 3.63) is 90.0 Å². The molecule has 0 aliphatic rings. The number of hydrogen-bond acceptors (Lipinski definition) is 6. The van der Waals surface area contributed by atoms with Crippen LogP contribution in [0.15, 0.2) is 83.9 Å². The van der Waals surface area contributed by atoms with Crippen LogP contribution in [0.25, 0.3) is 22.4 Å². The normalized spacial score (nSPS) is 10.4. The number of methoxy groups -OCH3 is 2. The molecule has 186 valence electrons. The van der Waals surface area contributed by atoms with Gasteiger partial charge in [0.25, 0.3) is 0 Å². The third-order valence-corrected chi connectivity index (χ3v) is 6.71. The number of thioether (sulfide) groups is 1. The summed E-state index contributed by atoms with van der Waals surface area (Å²) in [5.41, 5.74) is 5.77. The molecule has 0 aliphatic carbocycles. The average molecular weight is 510 g/mol. The number of aromatic nitrogens is 1. The summed E-state index contributed by atoms with van der Waals surface area (Å²) in [6.45, 7) is 2.03. The number of ether oxygens (including phenoxy) is 2. The number of pyridine rings is 1. The third kappa shape index (κ3) is 6.49. The van der Waals surface area contributed by atoms with Crippen molar-refractivity contribution in [3.8, 4) is 40.0 Å². The van der Waals surface area contributed by atoms with E-state index >= 15 is 0 Å². The number of nitrogens with zero attached hydrogens (tertiary/aromatic N) is 2. The van der Waals surface area contributed by atoms with E-state index < -0.39 is 0 Å². The fourth-order valence-electron chi connectivity index (χ4n) is 3.80. The first-order valence-corrected chi connectivity index (χ1v) is 12.7. The molecule has 1 aromatic heterocycles. The first-order valence-electron chi connectivity index (χ1n) is 11.7. The Morgan fingerprint density at radius 1 is 0.946 bits per heavy atom. The van der Waals surface area contributed by atoms with Crippen LogP contribution < -0.4 is 14.8 Å². The molecule has 1 heterocycles. The average Bonchev–Trinajstić information content (AvgIpc) is 2.93. The van der Waals surface area contributed by atoms with Crippen molar-refractivity contribution in [1.29, 1.82) is 5.26 Å². The number of carbonyl (C=O) groups is 1. The predicted molar refractivity (Wildman–Crippen MR) is 148 cm³/mol. The molecule has 0 unspecified atom stereocenters. The van der Waals surface area contributed by atoms with E-state index in [4.69, 9.17) is 14.5 Å². The van der Waals surface area contributed by atoms with Crippen LogP contribution in [-0.4, -0.2) is 30.9 Å². The van der Waals surface area contributed by atoms with Gasteiger partial charge in [-0.1, -0.05) is 60.2 Å². The fourth-order valence-corrected chi connectivity index (χ4v) is 4.74. The Balaban J connectivity index is 1.57. The number of amides is 1. The minimum Gasteiger partial charge on any atom is -0.497 e. The molecule has 0 fully saturated rings. The van der Waals surface area contributed by atoms with E-state index in [0.717, 1.165) is 27.9 Å². The van der Waals surface area contributed by atoms with Crippen molar-refractivity contribution in [2.24, 2.45) is 0 Å². The SMILES string of the molecule is COc1cc(NC(=O)CCSc2nc(-c3ccccc3)cc(-c3ccc(C)cc3)c2C#N)cc(OC)c1. The Morgan fingerprint density at radius 3 is 2.24 bits per heavy atom. The maximum absolute atomic E-state index is 12.7. The van der Waals surface area contributed by atoms with Crippen LogP contribution >= 0.6 is 11.8 Å². The summed E-state index contributed by atoms with van der Waals surface area (Å²) < 4.78 is 10.5. The Morgan fingerprint density at radius 2 is 1.62 bits per heavy atom. The second kappa shape index (κ2) is 12.1. The molecule has 0 bridgehead atoms. The van der Waals surface area contributed by atoms with Crippen LogP contribution in [-0.2, 0) is 4.79 Å². The Kier molecular flexibility index (Phi) is 8.44. The number of hydrogen-bond donors (Lipinski definition) is 1. The van der Waals surface area contributed by atoms with Crippen LogP contribution in [0.4, 0.5) is 5.69 Å². The highest BCUT2D eigenvalue weighted by Crippen LogP contribution is 2.34. The van der Waals surface area contributed by atoms with Gasteiger partial charge < -0.3 is 14.8 Å². The summed E-state index contributed by atoms with van der Waals surface area (Å²) in [7, 11) is 3.12. The summed E-state index contributed by atoms with van der Waals surface area (Å²) in [5.74, 6) is 1.49. The van der Waals surface area contributed by atoms with Crippen LogP contribution in [0.1, 0.15) is 17.5 Å². The quantitative estimate of drug-likeness (QED) is 0.252. The van der Waals surface area contributed by atoms with Gasteiger partial charge in [0.15, 0.2) is 0 Å². The molecule has 1 amide bonds. The maximum Gasteiger partial charge on any atom is 0.225 e. The molecule has 4 rings (SSSR count). The first-order chi connectivity index (χ1) is 18.0. The van der Waals surface area contributed by atoms with Gasteiger partial charge >= 0.3 is 0 Å². The van der Waals surface area contributed by atoms with Crippen molar-refractivity contribution < 1.29 is 14.3 Å². The first kappa shape index (κ1) is 25.8. The highest BCUT2D eigenvalue weighted by molar-refractivity contribution is 7.99. The van der Waals surface area contributed by atoms with Crippen molar-refractivity contribution in [1.82, 2.24) is 4.98 Å². The molecule has 0 aliphatic heterocycles. The largest absolute Gasteiger partial charge is 0.497 e. The second-order valence-electron chi connectivity index (χ2n) is 8.33. The van der Waals surface area contributed by atoms with Crippen LogP contribution in [0.2, 0.25) is 0 Å². The number of nitriles is 1. The van der Waals surface area contributed by atoms with Crippen LogP contribution in [0, 0.1) is 18.3 Å². The maximum atomic E-state index is 12.7. The van der Waals surface area contributed by atoms with E-state index in [9.17, 15) is 10.1 Å². The molecule has 3 aromatic carbocycles. The van der Waals surface area contributed by atoms with Crippen molar-refractivity contribution in [2.45, 2.75) is 18.4 Å². The van der Waals surface area contributed by atoms with Gasteiger partial charge in [-0.3, -0.25) is 4.79 Å². The van der Waals surface area contributed by atoms with Crippen molar-refractivity contribution >= 4 is 23.4 Å². The number of nitrogens with one attached hydrogen (secondary N) is 1. The van der Waals surface area contributed by atoms with E-state index in [-0.39, 0.29) is 12.3 Å². The lowest BCUT2D eigenvalue weighted by Gasteiger charge is -2.13. The van der Waals surface area contributed by atoms with Crippen molar-refractivity contribution in [3.63, 3.8) is 0 Å². The molecule has 6 nitrogen and oxygen atoms in total. The third-order valence-electron chi connectivity index (χ3n) is 5.73. The molecular weight excluding hydrogens is 482 g/mol. The Bertz CT molecular complexity index is 1410. The lowest BCUT2D eigenvalue weighted by atomic mass is 9.98. The molecule has 7 heteroatoms. The lowest BCUT2D eigenvalue weighted by molar-refractivity contribution is -0.115. The van der Waals surface area contributed by atoms with Gasteiger partial charge in [0.1, 0.15) is 22.6 Å². The van der Waals surface area contributed by atoms with Gasteiger partial charge in [-0.25, -0.2) is 4.98 Å². The smallest absolute Gasteiger partial charge is 0.225 e. The fraction of sp³-hybridized carbons (Fsp3) is 0.167. The van der Waals surface area contributed by atoms with E-state index in [1.807, 2.05) is 67.6 Å². The minimum atomic E-state index is -0.153. The molecule has 1 N–H and O–H groups in total. The highest BCUT2D eigenvalue weighted by atomic mass is 32.2. The molecule has 0 saturated carbocycles. The monoisotopic (exact) mass is 509 g/mol. The van der Waals surface area contributed by atoms with Gasteiger partial charge in [0, 0.05) is 47.2 Å². The van der Waals surface area contributed by atoms with Crippen LogP contribution in [0.3, 0.4) is 0 Å². The van der Waals surface area contributed by atoms with Gasteiger partial charge in [-0.15, -0.1) is 11.8 Å². The summed E-state index contributed by atoms with van der Waals surface area (Å²) in [6, 6.07) is 27.5. The van der Waals surface area contributed by atoms with E-state index in [1.54, 1.807) is 32.4 Å².